The van der Waals surface area contributed by atoms with Gasteiger partial charge in [0, 0.05) is 13.0 Å². The van der Waals surface area contributed by atoms with Crippen LogP contribution in [0.5, 0.6) is 0 Å². The highest BCUT2D eigenvalue weighted by molar-refractivity contribution is 5.77. The summed E-state index contributed by atoms with van der Waals surface area (Å²) in [6, 6.07) is 7.80. The predicted molar refractivity (Wildman–Crippen MR) is 166 cm³/mol. The highest BCUT2D eigenvalue weighted by Gasteiger charge is 2.10. The van der Waals surface area contributed by atoms with Crippen LogP contribution in [0.3, 0.4) is 0 Å². The lowest BCUT2D eigenvalue weighted by Gasteiger charge is -2.15. The minimum atomic E-state index is 0.127. The summed E-state index contributed by atoms with van der Waals surface area (Å²) in [7, 11) is 4.17. The molecule has 0 spiro atoms. The lowest BCUT2D eigenvalue weighted by atomic mass is 10.0. The second-order valence-corrected chi connectivity index (χ2v) is 11.8. The number of benzene rings is 1. The summed E-state index contributed by atoms with van der Waals surface area (Å²) in [4.78, 5) is 20.2. The third kappa shape index (κ3) is 13.9. The van der Waals surface area contributed by atoms with Gasteiger partial charge in [0.25, 0.3) is 5.56 Å². The molecule has 0 unspecified atom stereocenters. The Hall–Kier alpha value is -1.68. The SMILES string of the molecule is CCCCCCCCCCCCCCCCCCCCCc1nc2ccccc2c(=O)n1CCCN(C)C. The van der Waals surface area contributed by atoms with Crippen molar-refractivity contribution in [1.29, 1.82) is 0 Å². The van der Waals surface area contributed by atoms with E-state index in [-0.39, 0.29) is 5.56 Å². The molecule has 1 aromatic carbocycles. The Morgan fingerprint density at radius 1 is 0.658 bits per heavy atom. The molecule has 2 aromatic rings. The van der Waals surface area contributed by atoms with Crippen molar-refractivity contribution in [1.82, 2.24) is 14.5 Å². The van der Waals surface area contributed by atoms with Crippen LogP contribution in [0.15, 0.2) is 29.1 Å². The molecule has 4 heteroatoms. The zero-order valence-corrected chi connectivity index (χ0v) is 25.3. The summed E-state index contributed by atoms with van der Waals surface area (Å²) in [5.74, 6) is 0.972. The van der Waals surface area contributed by atoms with Crippen LogP contribution in [-0.4, -0.2) is 35.1 Å². The molecule has 0 fully saturated rings. The van der Waals surface area contributed by atoms with E-state index in [9.17, 15) is 4.79 Å². The maximum Gasteiger partial charge on any atom is 0.261 e. The van der Waals surface area contributed by atoms with Gasteiger partial charge in [-0.1, -0.05) is 135 Å². The van der Waals surface area contributed by atoms with E-state index in [1.54, 1.807) is 0 Å². The average molecular weight is 526 g/mol. The molecule has 216 valence electrons. The van der Waals surface area contributed by atoms with Crippen LogP contribution in [0.4, 0.5) is 0 Å². The molecular formula is C34H59N3O. The molecule has 0 atom stereocenters. The maximum absolute atomic E-state index is 13.1. The Morgan fingerprint density at radius 2 is 1.13 bits per heavy atom. The first kappa shape index (κ1) is 32.5. The van der Waals surface area contributed by atoms with Gasteiger partial charge in [0.2, 0.25) is 0 Å². The van der Waals surface area contributed by atoms with Crippen molar-refractivity contribution in [3.63, 3.8) is 0 Å². The normalized spacial score (nSPS) is 11.7. The Balaban J connectivity index is 1.52. The molecule has 0 saturated heterocycles. The molecule has 1 aromatic heterocycles. The van der Waals surface area contributed by atoms with E-state index in [4.69, 9.17) is 4.98 Å². The van der Waals surface area contributed by atoms with Gasteiger partial charge in [0.1, 0.15) is 5.82 Å². The van der Waals surface area contributed by atoms with Crippen LogP contribution in [0, 0.1) is 0 Å². The summed E-state index contributed by atoms with van der Waals surface area (Å²) in [6.07, 6.45) is 28.3. The largest absolute Gasteiger partial charge is 0.309 e. The van der Waals surface area contributed by atoms with Crippen molar-refractivity contribution in [2.24, 2.45) is 0 Å². The van der Waals surface area contributed by atoms with E-state index in [0.717, 1.165) is 49.1 Å². The number of rotatable bonds is 24. The Kier molecular flexibility index (Phi) is 18.1. The van der Waals surface area contributed by atoms with E-state index in [2.05, 4.69) is 25.9 Å². The lowest BCUT2D eigenvalue weighted by Crippen LogP contribution is -2.27. The van der Waals surface area contributed by atoms with Crippen LogP contribution >= 0.6 is 0 Å². The number of para-hydroxylation sites is 1. The number of hydrogen-bond donors (Lipinski definition) is 0. The number of nitrogens with zero attached hydrogens (tertiary/aromatic N) is 3. The van der Waals surface area contributed by atoms with Crippen LogP contribution in [0.1, 0.15) is 141 Å². The number of fused-ring (bicyclic) bond motifs is 1. The first-order chi connectivity index (χ1) is 18.6. The molecular weight excluding hydrogens is 466 g/mol. The molecule has 0 saturated carbocycles. The van der Waals surface area contributed by atoms with E-state index in [1.165, 1.54) is 116 Å². The van der Waals surface area contributed by atoms with Crippen LogP contribution in [-0.2, 0) is 13.0 Å². The molecule has 1 heterocycles. The van der Waals surface area contributed by atoms with Gasteiger partial charge in [0.15, 0.2) is 0 Å². The number of aromatic nitrogens is 2. The van der Waals surface area contributed by atoms with E-state index < -0.39 is 0 Å². The molecule has 4 nitrogen and oxygen atoms in total. The second-order valence-electron chi connectivity index (χ2n) is 11.8. The van der Waals surface area contributed by atoms with E-state index in [1.807, 2.05) is 28.8 Å². The Labute approximate surface area is 234 Å². The fourth-order valence-corrected chi connectivity index (χ4v) is 5.54. The van der Waals surface area contributed by atoms with Gasteiger partial charge < -0.3 is 4.90 Å². The molecule has 2 rings (SSSR count). The minimum Gasteiger partial charge on any atom is -0.309 e. The fraction of sp³-hybridized carbons (Fsp3) is 0.765. The first-order valence-electron chi connectivity index (χ1n) is 16.3. The van der Waals surface area contributed by atoms with Crippen LogP contribution < -0.4 is 5.56 Å². The topological polar surface area (TPSA) is 38.1 Å². The Morgan fingerprint density at radius 3 is 1.63 bits per heavy atom. The van der Waals surface area contributed by atoms with Gasteiger partial charge in [-0.05, 0) is 45.6 Å². The molecule has 0 aliphatic carbocycles. The highest BCUT2D eigenvalue weighted by atomic mass is 16.1. The number of hydrogen-bond acceptors (Lipinski definition) is 3. The number of unbranched alkanes of at least 4 members (excludes halogenated alkanes) is 18. The summed E-state index contributed by atoms with van der Waals surface area (Å²) in [5.41, 5.74) is 0.969. The molecule has 0 N–H and O–H groups in total. The number of aryl methyl sites for hydroxylation is 1. The molecule has 0 amide bonds. The lowest BCUT2D eigenvalue weighted by molar-refractivity contribution is 0.382. The van der Waals surface area contributed by atoms with Gasteiger partial charge >= 0.3 is 0 Å². The smallest absolute Gasteiger partial charge is 0.261 e. The highest BCUT2D eigenvalue weighted by Crippen LogP contribution is 2.16. The van der Waals surface area contributed by atoms with Gasteiger partial charge in [-0.3, -0.25) is 9.36 Å². The maximum atomic E-state index is 13.1. The van der Waals surface area contributed by atoms with Crippen molar-refractivity contribution in [3.8, 4) is 0 Å². The zero-order chi connectivity index (χ0) is 27.3. The van der Waals surface area contributed by atoms with Crippen molar-refractivity contribution < 1.29 is 0 Å². The third-order valence-electron chi connectivity index (χ3n) is 7.93. The predicted octanol–water partition coefficient (Wildman–Crippen LogP) is 9.32. The quantitative estimate of drug-likeness (QED) is 0.128. The second kappa shape index (κ2) is 21.2. The zero-order valence-electron chi connectivity index (χ0n) is 25.3. The van der Waals surface area contributed by atoms with Crippen molar-refractivity contribution in [2.45, 2.75) is 148 Å². The van der Waals surface area contributed by atoms with Crippen molar-refractivity contribution in [2.75, 3.05) is 20.6 Å². The minimum absolute atomic E-state index is 0.127. The average Bonchev–Trinajstić information content (AvgIpc) is 2.91. The standard InChI is InChI=1S/C34H59N3O/c1-4-5-6-7-8-9-10-11-12-13-14-15-16-17-18-19-20-21-22-28-33-35-32-27-24-23-26-31(32)34(38)37(33)30-25-29-36(2)3/h23-24,26-27H,4-22,25,28-30H2,1-3H3. The molecule has 0 aliphatic rings. The van der Waals surface area contributed by atoms with Gasteiger partial charge in [-0.25, -0.2) is 4.98 Å². The molecule has 0 radical (unpaired) electrons. The summed E-state index contributed by atoms with van der Waals surface area (Å²) < 4.78 is 1.94. The Bertz CT molecular complexity index is 904. The van der Waals surface area contributed by atoms with E-state index in [0.29, 0.717) is 0 Å². The fourth-order valence-electron chi connectivity index (χ4n) is 5.54. The molecule has 0 bridgehead atoms. The third-order valence-corrected chi connectivity index (χ3v) is 7.93. The summed E-state index contributed by atoms with van der Waals surface area (Å²) in [5, 5.41) is 0.745. The first-order valence-corrected chi connectivity index (χ1v) is 16.3. The van der Waals surface area contributed by atoms with Gasteiger partial charge in [-0.15, -0.1) is 0 Å². The van der Waals surface area contributed by atoms with Crippen LogP contribution in [0.25, 0.3) is 10.9 Å². The van der Waals surface area contributed by atoms with Crippen LogP contribution in [0.2, 0.25) is 0 Å². The van der Waals surface area contributed by atoms with E-state index >= 15 is 0 Å². The summed E-state index contributed by atoms with van der Waals surface area (Å²) in [6.45, 7) is 4.03. The van der Waals surface area contributed by atoms with Crippen molar-refractivity contribution in [3.05, 3.63) is 40.4 Å². The van der Waals surface area contributed by atoms with Gasteiger partial charge in [0.05, 0.1) is 10.9 Å². The molecule has 0 aliphatic heterocycles. The monoisotopic (exact) mass is 525 g/mol. The summed E-state index contributed by atoms with van der Waals surface area (Å²) >= 11 is 0. The molecule has 38 heavy (non-hydrogen) atoms. The van der Waals surface area contributed by atoms with Crippen molar-refractivity contribution >= 4 is 10.9 Å². The van der Waals surface area contributed by atoms with Gasteiger partial charge in [-0.2, -0.15) is 0 Å².